The molecule has 0 bridgehead atoms. The van der Waals surface area contributed by atoms with Crippen LogP contribution in [-0.4, -0.2) is 18.2 Å². The van der Waals surface area contributed by atoms with Crippen molar-refractivity contribution in [2.24, 2.45) is 5.41 Å². The summed E-state index contributed by atoms with van der Waals surface area (Å²) in [6.45, 7) is 7.76. The van der Waals surface area contributed by atoms with E-state index in [9.17, 15) is 9.59 Å². The highest BCUT2D eigenvalue weighted by Crippen LogP contribution is 2.13. The molecule has 0 fully saturated rings. The lowest BCUT2D eigenvalue weighted by Gasteiger charge is -2.16. The predicted octanol–water partition coefficient (Wildman–Crippen LogP) is 1.91. The summed E-state index contributed by atoms with van der Waals surface area (Å²) < 4.78 is 0. The number of nitrogens with one attached hydrogen (secondary N) is 1. The van der Waals surface area contributed by atoms with Crippen LogP contribution < -0.4 is 5.32 Å². The summed E-state index contributed by atoms with van der Waals surface area (Å²) in [6.07, 6.45) is 2.41. The largest absolute Gasteiger partial charge is 0.349 e. The molecule has 0 atom stereocenters. The zero-order chi connectivity index (χ0) is 11.2. The van der Waals surface area contributed by atoms with Crippen molar-refractivity contribution in [2.45, 2.75) is 47.0 Å². The Bertz CT molecular complexity index is 204. The lowest BCUT2D eigenvalue weighted by Crippen LogP contribution is -2.35. The molecule has 82 valence electrons. The highest BCUT2D eigenvalue weighted by atomic mass is 16.2. The van der Waals surface area contributed by atoms with Gasteiger partial charge in [0.05, 0.1) is 6.54 Å². The van der Waals surface area contributed by atoms with Crippen LogP contribution in [0.15, 0.2) is 0 Å². The predicted molar refractivity (Wildman–Crippen MR) is 57.0 cm³/mol. The maximum absolute atomic E-state index is 11.4. The van der Waals surface area contributed by atoms with E-state index in [1.807, 2.05) is 27.7 Å². The van der Waals surface area contributed by atoms with Crippen molar-refractivity contribution in [3.63, 3.8) is 0 Å². The second-order valence-electron chi connectivity index (χ2n) is 4.55. The molecule has 0 aromatic heterocycles. The Morgan fingerprint density at radius 2 is 1.79 bits per heavy atom. The van der Waals surface area contributed by atoms with E-state index < -0.39 is 0 Å². The van der Waals surface area contributed by atoms with E-state index in [4.69, 9.17) is 0 Å². The lowest BCUT2D eigenvalue weighted by atomic mass is 9.91. The fourth-order valence-corrected chi connectivity index (χ4v) is 0.870. The van der Waals surface area contributed by atoms with Crippen molar-refractivity contribution in [3.8, 4) is 0 Å². The van der Waals surface area contributed by atoms with Crippen molar-refractivity contribution in [1.82, 2.24) is 5.32 Å². The van der Waals surface area contributed by atoms with Gasteiger partial charge in [-0.1, -0.05) is 34.1 Å². The minimum atomic E-state index is -0.363. The summed E-state index contributed by atoms with van der Waals surface area (Å²) in [7, 11) is 0. The van der Waals surface area contributed by atoms with Gasteiger partial charge in [0, 0.05) is 11.8 Å². The molecule has 1 N–H and O–H groups in total. The SMILES string of the molecule is CCCCC(=O)NCC(=O)C(C)(C)C. The Hall–Kier alpha value is -0.860. The standard InChI is InChI=1S/C11H21NO2/c1-5-6-7-10(14)12-8-9(13)11(2,3)4/h5-8H2,1-4H3,(H,12,14). The van der Waals surface area contributed by atoms with Gasteiger partial charge in [0.25, 0.3) is 0 Å². The third kappa shape index (κ3) is 5.73. The van der Waals surface area contributed by atoms with Gasteiger partial charge in [-0.3, -0.25) is 9.59 Å². The van der Waals surface area contributed by atoms with E-state index in [1.165, 1.54) is 0 Å². The molecule has 0 aliphatic carbocycles. The van der Waals surface area contributed by atoms with Crippen LogP contribution >= 0.6 is 0 Å². The van der Waals surface area contributed by atoms with Crippen molar-refractivity contribution in [1.29, 1.82) is 0 Å². The molecular weight excluding hydrogens is 178 g/mol. The minimum absolute atomic E-state index is 0.0237. The number of Topliss-reactive ketones (excluding diaryl/α,β-unsaturated/α-hetero) is 1. The van der Waals surface area contributed by atoms with Gasteiger partial charge >= 0.3 is 0 Å². The van der Waals surface area contributed by atoms with Gasteiger partial charge in [0.1, 0.15) is 0 Å². The molecule has 1 amide bonds. The molecular formula is C11H21NO2. The fourth-order valence-electron chi connectivity index (χ4n) is 0.870. The highest BCUT2D eigenvalue weighted by Gasteiger charge is 2.20. The Morgan fingerprint density at radius 1 is 1.21 bits per heavy atom. The van der Waals surface area contributed by atoms with Gasteiger partial charge in [-0.05, 0) is 6.42 Å². The molecule has 0 aliphatic rings. The van der Waals surface area contributed by atoms with Crippen molar-refractivity contribution in [3.05, 3.63) is 0 Å². The molecule has 0 aromatic rings. The van der Waals surface area contributed by atoms with E-state index in [2.05, 4.69) is 5.32 Å². The molecule has 0 radical (unpaired) electrons. The molecule has 0 spiro atoms. The monoisotopic (exact) mass is 199 g/mol. The number of ketones is 1. The smallest absolute Gasteiger partial charge is 0.220 e. The fraction of sp³-hybridized carbons (Fsp3) is 0.818. The van der Waals surface area contributed by atoms with Gasteiger partial charge in [-0.2, -0.15) is 0 Å². The second kappa shape index (κ2) is 5.78. The quantitative estimate of drug-likeness (QED) is 0.735. The first-order valence-electron chi connectivity index (χ1n) is 5.18. The van der Waals surface area contributed by atoms with E-state index in [0.29, 0.717) is 6.42 Å². The zero-order valence-electron chi connectivity index (χ0n) is 9.64. The number of rotatable bonds is 5. The zero-order valence-corrected chi connectivity index (χ0v) is 9.64. The number of unbranched alkanes of at least 4 members (excludes halogenated alkanes) is 1. The van der Waals surface area contributed by atoms with Crippen molar-refractivity contribution in [2.75, 3.05) is 6.54 Å². The molecule has 14 heavy (non-hydrogen) atoms. The molecule has 0 unspecified atom stereocenters. The van der Waals surface area contributed by atoms with Crippen LogP contribution in [0.4, 0.5) is 0 Å². The minimum Gasteiger partial charge on any atom is -0.349 e. The molecule has 3 heteroatoms. The maximum atomic E-state index is 11.4. The molecule has 0 saturated carbocycles. The number of hydrogen-bond donors (Lipinski definition) is 1. The molecule has 0 saturated heterocycles. The number of carbonyl (C=O) groups excluding carboxylic acids is 2. The van der Waals surface area contributed by atoms with Crippen LogP contribution in [-0.2, 0) is 9.59 Å². The van der Waals surface area contributed by atoms with E-state index in [0.717, 1.165) is 12.8 Å². The van der Waals surface area contributed by atoms with Gasteiger partial charge in [0.2, 0.25) is 5.91 Å². The molecule has 0 heterocycles. The first-order chi connectivity index (χ1) is 6.38. The first kappa shape index (κ1) is 13.1. The summed E-state index contributed by atoms with van der Waals surface area (Å²) in [5.41, 5.74) is -0.363. The number of carbonyl (C=O) groups is 2. The van der Waals surface area contributed by atoms with E-state index in [1.54, 1.807) is 0 Å². The van der Waals surface area contributed by atoms with Crippen LogP contribution in [0.2, 0.25) is 0 Å². The Labute approximate surface area is 86.3 Å². The molecule has 0 rings (SSSR count). The van der Waals surface area contributed by atoms with Gasteiger partial charge in [0.15, 0.2) is 5.78 Å². The normalized spacial score (nSPS) is 11.1. The van der Waals surface area contributed by atoms with Crippen molar-refractivity contribution >= 4 is 11.7 Å². The summed E-state index contributed by atoms with van der Waals surface area (Å²) in [5.74, 6) is 0.0480. The van der Waals surface area contributed by atoms with Crippen LogP contribution in [0, 0.1) is 5.41 Å². The summed E-state index contributed by atoms with van der Waals surface area (Å²) in [6, 6.07) is 0. The van der Waals surface area contributed by atoms with Crippen molar-refractivity contribution < 1.29 is 9.59 Å². The summed E-state index contributed by atoms with van der Waals surface area (Å²) in [5, 5.41) is 2.64. The van der Waals surface area contributed by atoms with Crippen LogP contribution in [0.1, 0.15) is 47.0 Å². The first-order valence-corrected chi connectivity index (χ1v) is 5.18. The third-order valence-electron chi connectivity index (χ3n) is 2.04. The van der Waals surface area contributed by atoms with Crippen LogP contribution in [0.3, 0.4) is 0 Å². The summed E-state index contributed by atoms with van der Waals surface area (Å²) >= 11 is 0. The summed E-state index contributed by atoms with van der Waals surface area (Å²) in [4.78, 5) is 22.6. The van der Waals surface area contributed by atoms with Gasteiger partial charge in [-0.25, -0.2) is 0 Å². The van der Waals surface area contributed by atoms with Crippen LogP contribution in [0.5, 0.6) is 0 Å². The number of amides is 1. The average Bonchev–Trinajstić information content (AvgIpc) is 2.09. The average molecular weight is 199 g/mol. The third-order valence-corrected chi connectivity index (χ3v) is 2.04. The second-order valence-corrected chi connectivity index (χ2v) is 4.55. The van der Waals surface area contributed by atoms with Gasteiger partial charge in [-0.15, -0.1) is 0 Å². The molecule has 3 nitrogen and oxygen atoms in total. The Kier molecular flexibility index (Phi) is 5.43. The van der Waals surface area contributed by atoms with Crippen LogP contribution in [0.25, 0.3) is 0 Å². The van der Waals surface area contributed by atoms with E-state index >= 15 is 0 Å². The van der Waals surface area contributed by atoms with Gasteiger partial charge < -0.3 is 5.32 Å². The van der Waals surface area contributed by atoms with E-state index in [-0.39, 0.29) is 23.7 Å². The number of hydrogen-bond acceptors (Lipinski definition) is 2. The topological polar surface area (TPSA) is 46.2 Å². The molecule has 0 aliphatic heterocycles. The lowest BCUT2D eigenvalue weighted by molar-refractivity contribution is -0.129. The molecule has 0 aromatic carbocycles. The Morgan fingerprint density at radius 3 is 2.21 bits per heavy atom. The Balaban J connectivity index is 3.73. The highest BCUT2D eigenvalue weighted by molar-refractivity contribution is 5.89. The maximum Gasteiger partial charge on any atom is 0.220 e.